The van der Waals surface area contributed by atoms with E-state index in [-0.39, 0.29) is 0 Å². The molecule has 0 aliphatic heterocycles. The van der Waals surface area contributed by atoms with Crippen LogP contribution in [0.4, 0.5) is 17.1 Å². The molecule has 1 heterocycles. The number of fused-ring (bicyclic) bond motifs is 1. The van der Waals surface area contributed by atoms with Gasteiger partial charge in [0.2, 0.25) is 0 Å². The quantitative estimate of drug-likeness (QED) is 0.680. The molecule has 3 aromatic rings. The van der Waals surface area contributed by atoms with Gasteiger partial charge >= 0.3 is 0 Å². The van der Waals surface area contributed by atoms with Crippen LogP contribution in [0.2, 0.25) is 5.02 Å². The fourth-order valence-electron chi connectivity index (χ4n) is 2.20. The fraction of sp³-hybridized carbons (Fsp3) is 0.0625. The summed E-state index contributed by atoms with van der Waals surface area (Å²) in [4.78, 5) is 4.35. The molecule has 3 rings (SSSR count). The minimum Gasteiger partial charge on any atom is -0.398 e. The molecular formula is C16H14ClN3. The topological polar surface area (TPSA) is 50.9 Å². The Balaban J connectivity index is 2.08. The zero-order valence-electron chi connectivity index (χ0n) is 11.0. The van der Waals surface area contributed by atoms with E-state index in [9.17, 15) is 0 Å². The van der Waals surface area contributed by atoms with E-state index in [1.807, 2.05) is 49.4 Å². The molecule has 0 saturated carbocycles. The molecule has 3 nitrogen and oxygen atoms in total. The summed E-state index contributed by atoms with van der Waals surface area (Å²) in [5.74, 6) is 0. The van der Waals surface area contributed by atoms with E-state index in [1.54, 1.807) is 6.20 Å². The average molecular weight is 284 g/mol. The molecule has 0 unspecified atom stereocenters. The SMILES string of the molecule is Cc1cc(N)c(Cl)cc1Nc1cccc2ncccc12. The second kappa shape index (κ2) is 5.02. The lowest BCUT2D eigenvalue weighted by atomic mass is 10.1. The van der Waals surface area contributed by atoms with Gasteiger partial charge in [-0.25, -0.2) is 0 Å². The summed E-state index contributed by atoms with van der Waals surface area (Å²) >= 11 is 6.09. The van der Waals surface area contributed by atoms with E-state index >= 15 is 0 Å². The molecule has 0 saturated heterocycles. The maximum Gasteiger partial charge on any atom is 0.0722 e. The first-order chi connectivity index (χ1) is 9.65. The Morgan fingerprint density at radius 3 is 2.80 bits per heavy atom. The number of hydrogen-bond acceptors (Lipinski definition) is 3. The van der Waals surface area contributed by atoms with Crippen molar-refractivity contribution in [2.45, 2.75) is 6.92 Å². The molecule has 1 aromatic heterocycles. The van der Waals surface area contributed by atoms with Gasteiger partial charge in [-0.05, 0) is 48.9 Å². The highest BCUT2D eigenvalue weighted by Crippen LogP contribution is 2.31. The lowest BCUT2D eigenvalue weighted by Gasteiger charge is -2.13. The largest absolute Gasteiger partial charge is 0.398 e. The van der Waals surface area contributed by atoms with Crippen molar-refractivity contribution >= 4 is 39.6 Å². The monoisotopic (exact) mass is 283 g/mol. The minimum absolute atomic E-state index is 0.552. The van der Waals surface area contributed by atoms with Crippen LogP contribution in [0.25, 0.3) is 10.9 Å². The molecule has 0 radical (unpaired) electrons. The van der Waals surface area contributed by atoms with Crippen molar-refractivity contribution in [3.05, 3.63) is 59.2 Å². The summed E-state index contributed by atoms with van der Waals surface area (Å²) in [5, 5.41) is 5.03. The molecule has 0 aliphatic carbocycles. The van der Waals surface area contributed by atoms with Crippen LogP contribution in [-0.4, -0.2) is 4.98 Å². The van der Waals surface area contributed by atoms with E-state index in [2.05, 4.69) is 10.3 Å². The summed E-state index contributed by atoms with van der Waals surface area (Å²) in [6.45, 7) is 2.00. The van der Waals surface area contributed by atoms with Gasteiger partial charge in [-0.1, -0.05) is 17.7 Å². The highest BCUT2D eigenvalue weighted by atomic mass is 35.5. The van der Waals surface area contributed by atoms with Gasteiger partial charge in [0.1, 0.15) is 0 Å². The van der Waals surface area contributed by atoms with Crippen molar-refractivity contribution in [2.75, 3.05) is 11.1 Å². The van der Waals surface area contributed by atoms with Crippen LogP contribution >= 0.6 is 11.6 Å². The van der Waals surface area contributed by atoms with Gasteiger partial charge in [0.25, 0.3) is 0 Å². The zero-order valence-corrected chi connectivity index (χ0v) is 11.8. The lowest BCUT2D eigenvalue weighted by Crippen LogP contribution is -1.96. The number of nitrogens with one attached hydrogen (secondary N) is 1. The Labute approximate surface area is 122 Å². The smallest absolute Gasteiger partial charge is 0.0722 e. The maximum absolute atomic E-state index is 6.09. The number of nitrogen functional groups attached to an aromatic ring is 1. The van der Waals surface area contributed by atoms with E-state index in [4.69, 9.17) is 17.3 Å². The lowest BCUT2D eigenvalue weighted by molar-refractivity contribution is 1.40. The van der Waals surface area contributed by atoms with Gasteiger partial charge in [-0.2, -0.15) is 0 Å². The van der Waals surface area contributed by atoms with E-state index in [0.717, 1.165) is 27.8 Å². The van der Waals surface area contributed by atoms with Crippen LogP contribution in [0.3, 0.4) is 0 Å². The summed E-state index contributed by atoms with van der Waals surface area (Å²) in [6, 6.07) is 13.7. The van der Waals surface area contributed by atoms with E-state index < -0.39 is 0 Å². The zero-order chi connectivity index (χ0) is 14.1. The van der Waals surface area contributed by atoms with Crippen molar-refractivity contribution in [3.8, 4) is 0 Å². The molecule has 0 amide bonds. The summed E-state index contributed by atoms with van der Waals surface area (Å²) in [5.41, 5.74) is 10.3. The molecule has 3 N–H and O–H groups in total. The van der Waals surface area contributed by atoms with Crippen LogP contribution in [0.5, 0.6) is 0 Å². The first-order valence-electron chi connectivity index (χ1n) is 6.31. The van der Waals surface area contributed by atoms with Crippen molar-refractivity contribution in [3.63, 3.8) is 0 Å². The highest BCUT2D eigenvalue weighted by Gasteiger charge is 2.06. The average Bonchev–Trinajstić information content (AvgIpc) is 2.45. The predicted octanol–water partition coefficient (Wildman–Crippen LogP) is 4.52. The number of hydrogen-bond donors (Lipinski definition) is 2. The second-order valence-corrected chi connectivity index (χ2v) is 5.10. The number of aromatic nitrogens is 1. The van der Waals surface area contributed by atoms with Gasteiger partial charge < -0.3 is 11.1 Å². The number of halogens is 1. The van der Waals surface area contributed by atoms with Crippen LogP contribution in [0.1, 0.15) is 5.56 Å². The van der Waals surface area contributed by atoms with Crippen LogP contribution < -0.4 is 11.1 Å². The van der Waals surface area contributed by atoms with Crippen LogP contribution in [0.15, 0.2) is 48.7 Å². The van der Waals surface area contributed by atoms with Crippen molar-refractivity contribution in [2.24, 2.45) is 0 Å². The molecule has 0 fully saturated rings. The molecule has 0 bridgehead atoms. The Morgan fingerprint density at radius 1 is 1.10 bits per heavy atom. The molecular weight excluding hydrogens is 270 g/mol. The third kappa shape index (κ3) is 2.28. The molecule has 20 heavy (non-hydrogen) atoms. The molecule has 0 aliphatic rings. The number of benzene rings is 2. The number of nitrogens with two attached hydrogens (primary N) is 1. The van der Waals surface area contributed by atoms with Crippen molar-refractivity contribution < 1.29 is 0 Å². The number of anilines is 3. The van der Waals surface area contributed by atoms with Crippen LogP contribution in [0, 0.1) is 6.92 Å². The minimum atomic E-state index is 0.552. The first kappa shape index (κ1) is 12.8. The molecule has 0 spiro atoms. The van der Waals surface area contributed by atoms with Gasteiger partial charge in [0.05, 0.1) is 16.2 Å². The normalized spacial score (nSPS) is 10.7. The van der Waals surface area contributed by atoms with E-state index in [1.165, 1.54) is 0 Å². The molecule has 0 atom stereocenters. The third-order valence-electron chi connectivity index (χ3n) is 3.26. The standard InChI is InChI=1S/C16H14ClN3/c1-10-8-13(18)12(17)9-16(10)20-15-6-2-5-14-11(15)4-3-7-19-14/h2-9,20H,18H2,1H3. The second-order valence-electron chi connectivity index (χ2n) is 4.69. The van der Waals surface area contributed by atoms with Crippen molar-refractivity contribution in [1.29, 1.82) is 0 Å². The number of aryl methyl sites for hydroxylation is 1. The third-order valence-corrected chi connectivity index (χ3v) is 3.59. The van der Waals surface area contributed by atoms with Gasteiger partial charge in [0, 0.05) is 23.0 Å². The fourth-order valence-corrected chi connectivity index (χ4v) is 2.36. The van der Waals surface area contributed by atoms with Crippen LogP contribution in [-0.2, 0) is 0 Å². The number of nitrogens with zero attached hydrogens (tertiary/aromatic N) is 1. The molecule has 4 heteroatoms. The Kier molecular flexibility index (Phi) is 3.20. The predicted molar refractivity (Wildman–Crippen MR) is 85.6 cm³/mol. The van der Waals surface area contributed by atoms with Gasteiger partial charge in [-0.3, -0.25) is 4.98 Å². The Hall–Kier alpha value is -2.26. The molecule has 2 aromatic carbocycles. The summed E-state index contributed by atoms with van der Waals surface area (Å²) in [7, 11) is 0. The summed E-state index contributed by atoms with van der Waals surface area (Å²) < 4.78 is 0. The van der Waals surface area contributed by atoms with Gasteiger partial charge in [-0.15, -0.1) is 0 Å². The highest BCUT2D eigenvalue weighted by molar-refractivity contribution is 6.33. The molecule has 100 valence electrons. The van der Waals surface area contributed by atoms with E-state index in [0.29, 0.717) is 10.7 Å². The van der Waals surface area contributed by atoms with Gasteiger partial charge in [0.15, 0.2) is 0 Å². The maximum atomic E-state index is 6.09. The Morgan fingerprint density at radius 2 is 1.95 bits per heavy atom. The summed E-state index contributed by atoms with van der Waals surface area (Å²) in [6.07, 6.45) is 1.79. The number of rotatable bonds is 2. The number of pyridine rings is 1. The first-order valence-corrected chi connectivity index (χ1v) is 6.69. The van der Waals surface area contributed by atoms with Crippen molar-refractivity contribution in [1.82, 2.24) is 4.98 Å². The Bertz CT molecular complexity index is 779.